The summed E-state index contributed by atoms with van der Waals surface area (Å²) in [5.74, 6) is 0. The fourth-order valence-corrected chi connectivity index (χ4v) is 15.1. The molecule has 0 spiro atoms. The zero-order chi connectivity index (χ0) is 12.8. The van der Waals surface area contributed by atoms with Crippen molar-refractivity contribution in [2.45, 2.75) is 41.4 Å². The van der Waals surface area contributed by atoms with Gasteiger partial charge in [0.25, 0.3) is 0 Å². The monoisotopic (exact) mass is 321 g/mol. The first-order valence-corrected chi connectivity index (χ1v) is 17.5. The van der Waals surface area contributed by atoms with E-state index in [0.717, 1.165) is 3.63 Å². The topological polar surface area (TPSA) is 0 Å². The van der Waals surface area contributed by atoms with Gasteiger partial charge in [-0.15, -0.1) is 0 Å². The van der Waals surface area contributed by atoms with Crippen LogP contribution >= 0.6 is 0 Å². The third kappa shape index (κ3) is 2.19. The first kappa shape index (κ1) is 13.5. The van der Waals surface area contributed by atoms with Crippen molar-refractivity contribution >= 4 is 7.37 Å². The Kier molecular flexibility index (Phi) is 3.67. The molecule has 2 aliphatic carbocycles. The average Bonchev–Trinajstić information content (AvgIpc) is 2.78. The maximum absolute atomic E-state index is 2.59. The van der Waals surface area contributed by atoms with Crippen molar-refractivity contribution in [1.29, 1.82) is 0 Å². The molecule has 0 aliphatic heterocycles. The van der Waals surface area contributed by atoms with Crippen LogP contribution < -0.4 is 0 Å². The summed E-state index contributed by atoms with van der Waals surface area (Å²) in [5.41, 5.74) is 6.24. The van der Waals surface area contributed by atoms with Crippen LogP contribution in [0.1, 0.15) is 34.6 Å². The summed E-state index contributed by atoms with van der Waals surface area (Å²) < 4.78 is 1.33. The Morgan fingerprint density at radius 2 is 1.88 bits per heavy atom. The molecular formula is C15H23SiZr. The van der Waals surface area contributed by atoms with Gasteiger partial charge in [-0.05, 0) is 0 Å². The molecular weight excluding hydrogens is 299 g/mol. The van der Waals surface area contributed by atoms with Gasteiger partial charge in [0.15, 0.2) is 0 Å². The molecule has 91 valence electrons. The van der Waals surface area contributed by atoms with Crippen molar-refractivity contribution < 1.29 is 20.9 Å². The summed E-state index contributed by atoms with van der Waals surface area (Å²) in [5, 5.41) is 0. The van der Waals surface area contributed by atoms with Crippen molar-refractivity contribution in [3.63, 3.8) is 0 Å². The Hall–Kier alpha value is 0.0600. The van der Waals surface area contributed by atoms with Crippen LogP contribution in [0.2, 0.25) is 6.75 Å². The van der Waals surface area contributed by atoms with Crippen LogP contribution in [0.5, 0.6) is 0 Å². The first-order chi connectivity index (χ1) is 7.86. The van der Waals surface area contributed by atoms with Crippen molar-refractivity contribution in [3.8, 4) is 0 Å². The molecule has 0 aromatic rings. The zero-order valence-electron chi connectivity index (χ0n) is 11.9. The third-order valence-electron chi connectivity index (χ3n) is 4.77. The molecule has 17 heavy (non-hydrogen) atoms. The van der Waals surface area contributed by atoms with E-state index >= 15 is 0 Å². The molecule has 2 atom stereocenters. The van der Waals surface area contributed by atoms with E-state index in [1.807, 2.05) is 0 Å². The number of hydrogen-bond acceptors (Lipinski definition) is 0. The van der Waals surface area contributed by atoms with Crippen LogP contribution in [0.3, 0.4) is 0 Å². The Labute approximate surface area is 116 Å². The van der Waals surface area contributed by atoms with E-state index in [1.165, 1.54) is 18.5 Å². The molecule has 0 amide bonds. The van der Waals surface area contributed by atoms with Crippen LogP contribution in [-0.4, -0.2) is 7.37 Å². The van der Waals surface area contributed by atoms with Gasteiger partial charge < -0.3 is 0 Å². The van der Waals surface area contributed by atoms with Crippen LogP contribution in [-0.2, 0) is 20.9 Å². The number of allylic oxidation sites excluding steroid dienone is 8. The van der Waals surface area contributed by atoms with E-state index < -0.39 is 20.9 Å². The molecule has 2 heteroatoms. The number of hydrogen-bond donors (Lipinski definition) is 0. The van der Waals surface area contributed by atoms with Gasteiger partial charge in [-0.1, -0.05) is 0 Å². The van der Waals surface area contributed by atoms with E-state index in [0.29, 0.717) is 3.12 Å². The molecule has 0 nitrogen and oxygen atoms in total. The molecule has 2 aliphatic rings. The Morgan fingerprint density at radius 1 is 1.24 bits per heavy atom. The van der Waals surface area contributed by atoms with E-state index in [4.69, 9.17) is 0 Å². The van der Waals surface area contributed by atoms with Crippen molar-refractivity contribution in [3.05, 3.63) is 46.6 Å². The van der Waals surface area contributed by atoms with Crippen molar-refractivity contribution in [1.82, 2.24) is 0 Å². The van der Waals surface area contributed by atoms with Gasteiger partial charge in [-0.25, -0.2) is 0 Å². The standard InChI is InChI=1S/C9H13.C6H7.H3Si.Zr/c1-6-5-7(2)9(4)8(6)3;1-6-4-2-3-5-6;;/h5H,1-4H3;2-5H,1H3;1H3;. The third-order valence-corrected chi connectivity index (χ3v) is 23.5. The van der Waals surface area contributed by atoms with Gasteiger partial charge in [0.05, 0.1) is 0 Å². The quantitative estimate of drug-likeness (QED) is 0.681. The molecule has 0 aromatic heterocycles. The normalized spacial score (nSPS) is 32.2. The molecule has 0 N–H and O–H groups in total. The van der Waals surface area contributed by atoms with Crippen molar-refractivity contribution in [2.75, 3.05) is 0 Å². The second kappa shape index (κ2) is 4.63. The minimum absolute atomic E-state index is 0.485. The Bertz CT molecular complexity index is 467. The molecule has 0 heterocycles. The van der Waals surface area contributed by atoms with Gasteiger partial charge in [-0.2, -0.15) is 0 Å². The van der Waals surface area contributed by atoms with E-state index in [1.54, 1.807) is 11.1 Å². The average molecular weight is 323 g/mol. The minimum atomic E-state index is -1.39. The molecule has 0 aromatic carbocycles. The van der Waals surface area contributed by atoms with E-state index in [2.05, 4.69) is 58.9 Å². The summed E-state index contributed by atoms with van der Waals surface area (Å²) >= 11 is -1.39. The predicted octanol–water partition coefficient (Wildman–Crippen LogP) is 3.66. The van der Waals surface area contributed by atoms with Crippen LogP contribution in [0, 0.1) is 0 Å². The fraction of sp³-hybridized carbons (Fsp3) is 0.467. The Balaban J connectivity index is 2.33. The molecule has 0 bridgehead atoms. The predicted molar refractivity (Wildman–Crippen MR) is 77.1 cm³/mol. The molecule has 0 radical (unpaired) electrons. The molecule has 2 unspecified atom stereocenters. The first-order valence-electron chi connectivity index (χ1n) is 6.44. The van der Waals surface area contributed by atoms with E-state index in [-0.39, 0.29) is 0 Å². The maximum atomic E-state index is 2.59. The van der Waals surface area contributed by atoms with Gasteiger partial charge in [0.2, 0.25) is 0 Å². The second-order valence-corrected chi connectivity index (χ2v) is 19.7. The van der Waals surface area contributed by atoms with E-state index in [9.17, 15) is 0 Å². The summed E-state index contributed by atoms with van der Waals surface area (Å²) in [4.78, 5) is 0. The van der Waals surface area contributed by atoms with Crippen LogP contribution in [0.25, 0.3) is 0 Å². The number of rotatable bonds is 2. The van der Waals surface area contributed by atoms with Crippen molar-refractivity contribution in [2.24, 2.45) is 0 Å². The molecule has 0 saturated carbocycles. The summed E-state index contributed by atoms with van der Waals surface area (Å²) in [6.45, 7) is 11.7. The second-order valence-electron chi connectivity index (χ2n) is 5.76. The summed E-state index contributed by atoms with van der Waals surface area (Å²) in [6.07, 6.45) is 9.92. The molecule has 0 saturated heterocycles. The van der Waals surface area contributed by atoms with Gasteiger partial charge in [0.1, 0.15) is 0 Å². The van der Waals surface area contributed by atoms with Crippen LogP contribution in [0.4, 0.5) is 0 Å². The summed E-state index contributed by atoms with van der Waals surface area (Å²) in [7, 11) is 1.43. The van der Waals surface area contributed by atoms with Gasteiger partial charge in [0, 0.05) is 0 Å². The Morgan fingerprint density at radius 3 is 2.29 bits per heavy atom. The molecule has 0 fully saturated rings. The summed E-state index contributed by atoms with van der Waals surface area (Å²) in [6, 6.07) is 0. The van der Waals surface area contributed by atoms with Gasteiger partial charge in [-0.3, -0.25) is 0 Å². The van der Waals surface area contributed by atoms with Gasteiger partial charge >= 0.3 is 116 Å². The zero-order valence-corrected chi connectivity index (χ0v) is 16.3. The SMILES string of the molecule is CC1=C[CH]([Zr]([SiH3])[C]2(C)C=C(C)C(C)=C2C)C=C1. The van der Waals surface area contributed by atoms with Crippen LogP contribution in [0.15, 0.2) is 46.6 Å². The molecule has 2 rings (SSSR count). The fourth-order valence-electron chi connectivity index (χ4n) is 3.01.